The number of halogens is 1. The van der Waals surface area contributed by atoms with Crippen LogP contribution in [0.2, 0.25) is 0 Å². The molecule has 2 atom stereocenters. The molecule has 32 heavy (non-hydrogen) atoms. The Labute approximate surface area is 211 Å². The molecule has 0 saturated carbocycles. The minimum Gasteiger partial charge on any atom is -0.493 e. The van der Waals surface area contributed by atoms with E-state index in [-0.39, 0.29) is 24.0 Å². The van der Waals surface area contributed by atoms with E-state index < -0.39 is 0 Å². The lowest BCUT2D eigenvalue weighted by Gasteiger charge is -2.37. The van der Waals surface area contributed by atoms with Gasteiger partial charge in [0.25, 0.3) is 0 Å². The standard InChI is InChI=1S/C24H41N5O2.HI/c1-5-28-9-11-29(12-10-28)20(3)15-26-24(25-4)27-16-22-7-6-19(2)14-23(22)31-18-21-8-13-30-17-21;/h6-7,14,20-21H,5,8-13,15-18H2,1-4H3,(H2,25,26,27);1H. The Balaban J connectivity index is 0.00000363. The minimum absolute atomic E-state index is 0. The van der Waals surface area contributed by atoms with Crippen molar-refractivity contribution >= 4 is 29.9 Å². The van der Waals surface area contributed by atoms with Gasteiger partial charge in [-0.2, -0.15) is 0 Å². The second-order valence-corrected chi connectivity index (χ2v) is 8.78. The Hall–Kier alpha value is -1.10. The number of aryl methyl sites for hydroxylation is 1. The minimum atomic E-state index is 0. The number of likely N-dealkylation sites (N-methyl/N-ethyl adjacent to an activating group) is 1. The average molecular weight is 560 g/mol. The summed E-state index contributed by atoms with van der Waals surface area (Å²) in [5.74, 6) is 2.28. The number of aliphatic imine (C=N–C) groups is 1. The van der Waals surface area contributed by atoms with Crippen molar-refractivity contribution in [1.82, 2.24) is 20.4 Å². The Morgan fingerprint density at radius 3 is 2.69 bits per heavy atom. The lowest BCUT2D eigenvalue weighted by Crippen LogP contribution is -2.53. The molecule has 0 radical (unpaired) electrons. The maximum absolute atomic E-state index is 6.17. The van der Waals surface area contributed by atoms with Gasteiger partial charge in [-0.15, -0.1) is 24.0 Å². The van der Waals surface area contributed by atoms with Crippen LogP contribution in [0.1, 0.15) is 31.4 Å². The first-order valence-corrected chi connectivity index (χ1v) is 11.8. The zero-order chi connectivity index (χ0) is 22.1. The molecular weight excluding hydrogens is 517 g/mol. The van der Waals surface area contributed by atoms with Crippen LogP contribution in [0.5, 0.6) is 5.75 Å². The van der Waals surface area contributed by atoms with Crippen molar-refractivity contribution in [2.75, 3.05) is 66.1 Å². The number of nitrogens with zero attached hydrogens (tertiary/aromatic N) is 3. The molecule has 3 rings (SSSR count). The summed E-state index contributed by atoms with van der Waals surface area (Å²) in [6.45, 7) is 16.3. The van der Waals surface area contributed by atoms with E-state index >= 15 is 0 Å². The summed E-state index contributed by atoms with van der Waals surface area (Å²) >= 11 is 0. The zero-order valence-corrected chi connectivity index (χ0v) is 22.6. The SMILES string of the molecule is CCN1CCN(C(C)CNC(=NC)NCc2ccc(C)cc2OCC2CCOC2)CC1.I. The molecule has 2 N–H and O–H groups in total. The molecule has 1 aromatic carbocycles. The molecule has 1 aromatic rings. The molecule has 0 aliphatic carbocycles. The van der Waals surface area contributed by atoms with Gasteiger partial charge >= 0.3 is 0 Å². The van der Waals surface area contributed by atoms with Gasteiger partial charge < -0.3 is 25.0 Å². The van der Waals surface area contributed by atoms with Gasteiger partial charge in [0.2, 0.25) is 0 Å². The van der Waals surface area contributed by atoms with E-state index in [1.54, 1.807) is 0 Å². The number of nitrogens with one attached hydrogen (secondary N) is 2. The third kappa shape index (κ3) is 8.35. The molecule has 182 valence electrons. The molecule has 2 aliphatic heterocycles. The van der Waals surface area contributed by atoms with Gasteiger partial charge in [0.15, 0.2) is 5.96 Å². The van der Waals surface area contributed by atoms with E-state index in [9.17, 15) is 0 Å². The maximum Gasteiger partial charge on any atom is 0.191 e. The first-order valence-electron chi connectivity index (χ1n) is 11.8. The number of rotatable bonds is 9. The molecule has 0 amide bonds. The highest BCUT2D eigenvalue weighted by molar-refractivity contribution is 14.0. The van der Waals surface area contributed by atoms with Gasteiger partial charge in [-0.25, -0.2) is 0 Å². The van der Waals surface area contributed by atoms with Crippen molar-refractivity contribution in [3.05, 3.63) is 29.3 Å². The Kier molecular flexibility index (Phi) is 12.1. The fraction of sp³-hybridized carbons (Fsp3) is 0.708. The van der Waals surface area contributed by atoms with Crippen molar-refractivity contribution in [2.24, 2.45) is 10.9 Å². The number of benzene rings is 1. The van der Waals surface area contributed by atoms with Crippen LogP contribution in [0, 0.1) is 12.8 Å². The summed E-state index contributed by atoms with van der Waals surface area (Å²) in [5.41, 5.74) is 2.36. The monoisotopic (exact) mass is 559 g/mol. The Morgan fingerprint density at radius 1 is 1.25 bits per heavy atom. The van der Waals surface area contributed by atoms with Gasteiger partial charge in [-0.3, -0.25) is 9.89 Å². The molecular formula is C24H42IN5O2. The smallest absolute Gasteiger partial charge is 0.191 e. The van der Waals surface area contributed by atoms with E-state index in [1.165, 1.54) is 5.56 Å². The third-order valence-corrected chi connectivity index (χ3v) is 6.43. The van der Waals surface area contributed by atoms with Crippen LogP contribution >= 0.6 is 24.0 Å². The molecule has 2 fully saturated rings. The van der Waals surface area contributed by atoms with Crippen LogP contribution in [0.4, 0.5) is 0 Å². The van der Waals surface area contributed by atoms with E-state index in [4.69, 9.17) is 9.47 Å². The molecule has 0 bridgehead atoms. The van der Waals surface area contributed by atoms with Crippen molar-refractivity contribution in [2.45, 2.75) is 39.8 Å². The zero-order valence-electron chi connectivity index (χ0n) is 20.2. The van der Waals surface area contributed by atoms with E-state index in [0.29, 0.717) is 25.1 Å². The van der Waals surface area contributed by atoms with Crippen molar-refractivity contribution in [3.63, 3.8) is 0 Å². The van der Waals surface area contributed by atoms with E-state index in [2.05, 4.69) is 64.4 Å². The van der Waals surface area contributed by atoms with Gasteiger partial charge in [0.1, 0.15) is 5.75 Å². The van der Waals surface area contributed by atoms with Crippen LogP contribution < -0.4 is 15.4 Å². The Morgan fingerprint density at radius 2 is 2.03 bits per heavy atom. The molecule has 7 nitrogen and oxygen atoms in total. The largest absolute Gasteiger partial charge is 0.493 e. The number of guanidine groups is 1. The van der Waals surface area contributed by atoms with Crippen molar-refractivity contribution in [3.8, 4) is 5.75 Å². The summed E-state index contributed by atoms with van der Waals surface area (Å²) in [5, 5.41) is 6.95. The fourth-order valence-corrected chi connectivity index (χ4v) is 4.16. The highest BCUT2D eigenvalue weighted by Crippen LogP contribution is 2.22. The summed E-state index contributed by atoms with van der Waals surface area (Å²) < 4.78 is 11.6. The summed E-state index contributed by atoms with van der Waals surface area (Å²) in [4.78, 5) is 9.48. The molecule has 0 aromatic heterocycles. The van der Waals surface area contributed by atoms with Crippen LogP contribution in [0.25, 0.3) is 0 Å². The highest BCUT2D eigenvalue weighted by atomic mass is 127. The average Bonchev–Trinajstić information content (AvgIpc) is 3.32. The fourth-order valence-electron chi connectivity index (χ4n) is 4.16. The van der Waals surface area contributed by atoms with Gasteiger partial charge in [0.05, 0.1) is 13.2 Å². The second kappa shape index (κ2) is 14.2. The second-order valence-electron chi connectivity index (χ2n) is 8.78. The normalized spacial score (nSPS) is 21.1. The lowest BCUT2D eigenvalue weighted by atomic mass is 10.1. The number of ether oxygens (including phenoxy) is 2. The number of hydrogen-bond acceptors (Lipinski definition) is 5. The van der Waals surface area contributed by atoms with Gasteiger partial charge in [-0.1, -0.05) is 19.1 Å². The molecule has 2 saturated heterocycles. The van der Waals surface area contributed by atoms with Crippen LogP contribution in [-0.4, -0.2) is 87.9 Å². The first-order chi connectivity index (χ1) is 15.1. The van der Waals surface area contributed by atoms with Gasteiger partial charge in [-0.05, 0) is 38.4 Å². The molecule has 2 unspecified atom stereocenters. The van der Waals surface area contributed by atoms with Gasteiger partial charge in [0, 0.05) is 70.4 Å². The predicted octanol–water partition coefficient (Wildman–Crippen LogP) is 2.72. The topological polar surface area (TPSA) is 61.4 Å². The van der Waals surface area contributed by atoms with Crippen LogP contribution in [0.3, 0.4) is 0 Å². The van der Waals surface area contributed by atoms with Crippen LogP contribution in [0.15, 0.2) is 23.2 Å². The Bertz CT molecular complexity index is 704. The molecule has 2 heterocycles. The lowest BCUT2D eigenvalue weighted by molar-refractivity contribution is 0.107. The maximum atomic E-state index is 6.17. The van der Waals surface area contributed by atoms with Crippen molar-refractivity contribution < 1.29 is 9.47 Å². The quantitative estimate of drug-likeness (QED) is 0.276. The molecule has 0 spiro atoms. The van der Waals surface area contributed by atoms with Crippen LogP contribution in [-0.2, 0) is 11.3 Å². The summed E-state index contributed by atoms with van der Waals surface area (Å²) in [7, 11) is 1.83. The summed E-state index contributed by atoms with van der Waals surface area (Å²) in [6.07, 6.45) is 1.08. The third-order valence-electron chi connectivity index (χ3n) is 6.43. The summed E-state index contributed by atoms with van der Waals surface area (Å²) in [6, 6.07) is 6.88. The molecule has 8 heteroatoms. The van der Waals surface area contributed by atoms with Crippen molar-refractivity contribution in [1.29, 1.82) is 0 Å². The first kappa shape index (κ1) is 27.1. The van der Waals surface area contributed by atoms with E-state index in [1.807, 2.05) is 7.05 Å². The number of piperazine rings is 1. The van der Waals surface area contributed by atoms with E-state index in [0.717, 1.165) is 76.2 Å². The number of hydrogen-bond donors (Lipinski definition) is 2. The predicted molar refractivity (Wildman–Crippen MR) is 142 cm³/mol. The molecule has 2 aliphatic rings. The highest BCUT2D eigenvalue weighted by Gasteiger charge is 2.20.